The predicted octanol–water partition coefficient (Wildman–Crippen LogP) is 3.93. The van der Waals surface area contributed by atoms with E-state index in [-0.39, 0.29) is 18.1 Å². The summed E-state index contributed by atoms with van der Waals surface area (Å²) >= 11 is 1.66. The molecule has 1 unspecified atom stereocenters. The molecule has 1 saturated heterocycles. The van der Waals surface area contributed by atoms with E-state index in [1.54, 1.807) is 17.4 Å². The number of piperidine rings is 1. The molecule has 134 valence electrons. The Balaban J connectivity index is 1.67. The topological polar surface area (TPSA) is 27.7 Å². The molecule has 0 bridgehead atoms. The Morgan fingerprint density at radius 3 is 2.68 bits per heavy atom. The van der Waals surface area contributed by atoms with Crippen molar-refractivity contribution >= 4 is 17.0 Å². The number of rotatable bonds is 3. The predicted molar refractivity (Wildman–Crippen MR) is 100 cm³/mol. The largest absolute Gasteiger partial charge is 0.353 e. The van der Waals surface area contributed by atoms with Gasteiger partial charge in [-0.2, -0.15) is 5.01 Å². The van der Waals surface area contributed by atoms with Crippen LogP contribution in [0.4, 0.5) is 10.1 Å². The smallest absolute Gasteiger partial charge is 0.164 e. The van der Waals surface area contributed by atoms with Gasteiger partial charge in [-0.3, -0.25) is 0 Å². The van der Waals surface area contributed by atoms with Crippen LogP contribution < -0.4 is 10.3 Å². The molecule has 1 aromatic heterocycles. The first-order valence-electron chi connectivity index (χ1n) is 8.77. The highest BCUT2D eigenvalue weighted by Crippen LogP contribution is 2.50. The Labute approximate surface area is 152 Å². The second kappa shape index (κ2) is 6.68. The van der Waals surface area contributed by atoms with Crippen LogP contribution in [-0.4, -0.2) is 38.3 Å². The van der Waals surface area contributed by atoms with Crippen molar-refractivity contribution in [2.45, 2.75) is 32.1 Å². The van der Waals surface area contributed by atoms with E-state index in [0.29, 0.717) is 5.56 Å². The normalized spacial score (nSPS) is 21.8. The van der Waals surface area contributed by atoms with Crippen LogP contribution in [0.15, 0.2) is 23.6 Å². The van der Waals surface area contributed by atoms with Crippen LogP contribution in [0.25, 0.3) is 11.1 Å². The van der Waals surface area contributed by atoms with Crippen LogP contribution >= 0.6 is 11.3 Å². The number of hydrazine groups is 1. The molecule has 2 aromatic rings. The van der Waals surface area contributed by atoms with Gasteiger partial charge in [0.1, 0.15) is 5.82 Å². The highest BCUT2D eigenvalue weighted by Gasteiger charge is 2.38. The molecule has 3 heterocycles. The van der Waals surface area contributed by atoms with Crippen LogP contribution in [0.1, 0.15) is 29.5 Å². The minimum Gasteiger partial charge on any atom is -0.353 e. The number of thiophene rings is 1. The van der Waals surface area contributed by atoms with Crippen molar-refractivity contribution in [3.05, 3.63) is 39.8 Å². The van der Waals surface area contributed by atoms with Crippen molar-refractivity contribution in [2.75, 3.05) is 32.2 Å². The lowest BCUT2D eigenvalue weighted by molar-refractivity contribution is -0.0940. The standard InChI is InChI=1S/C19H24FN3OS/c1-12-4-5-14(16(20)10-12)15-11-25-18-17(15)22(2)23(3)19(18)24-13-6-8-21-9-7-13/h4-5,10-11,13,19,21H,6-9H2,1-3H3. The molecule has 0 saturated carbocycles. The van der Waals surface area contributed by atoms with E-state index in [1.807, 2.05) is 33.2 Å². The monoisotopic (exact) mass is 361 g/mol. The Hall–Kier alpha value is -1.47. The SMILES string of the molecule is Cc1ccc(-c2csc3c2N(C)N(C)C3OC2CCNCC2)c(F)c1. The van der Waals surface area contributed by atoms with Crippen molar-refractivity contribution < 1.29 is 9.13 Å². The average molecular weight is 361 g/mol. The number of aryl methyl sites for hydroxylation is 1. The number of fused-ring (bicyclic) bond motifs is 1. The van der Waals surface area contributed by atoms with Crippen molar-refractivity contribution in [3.63, 3.8) is 0 Å². The maximum atomic E-state index is 14.5. The molecule has 2 aliphatic rings. The highest BCUT2D eigenvalue weighted by molar-refractivity contribution is 7.11. The summed E-state index contributed by atoms with van der Waals surface area (Å²) in [6.07, 6.45) is 2.26. The van der Waals surface area contributed by atoms with Crippen molar-refractivity contribution in [1.82, 2.24) is 10.3 Å². The van der Waals surface area contributed by atoms with Crippen LogP contribution in [0.2, 0.25) is 0 Å². The number of nitrogens with zero attached hydrogens (tertiary/aromatic N) is 2. The fraction of sp³-hybridized carbons (Fsp3) is 0.474. The second-order valence-corrected chi connectivity index (χ2v) is 7.79. The van der Waals surface area contributed by atoms with Crippen LogP contribution in [0.5, 0.6) is 0 Å². The zero-order valence-corrected chi connectivity index (χ0v) is 15.7. The summed E-state index contributed by atoms with van der Waals surface area (Å²) in [4.78, 5) is 1.17. The molecular formula is C19H24FN3OS. The summed E-state index contributed by atoms with van der Waals surface area (Å²) in [5.41, 5.74) is 3.61. The molecule has 2 aliphatic heterocycles. The number of nitrogens with one attached hydrogen (secondary N) is 1. The van der Waals surface area contributed by atoms with Gasteiger partial charge >= 0.3 is 0 Å². The minimum absolute atomic E-state index is 0.0876. The number of halogens is 1. The molecule has 1 atom stereocenters. The number of hydrogen-bond acceptors (Lipinski definition) is 5. The van der Waals surface area contributed by atoms with Gasteiger partial charge in [-0.1, -0.05) is 12.1 Å². The molecule has 0 spiro atoms. The number of ether oxygens (including phenoxy) is 1. The maximum Gasteiger partial charge on any atom is 0.164 e. The molecule has 1 aromatic carbocycles. The van der Waals surface area contributed by atoms with Gasteiger partial charge in [0.05, 0.1) is 16.7 Å². The highest BCUT2D eigenvalue weighted by atomic mass is 32.1. The molecule has 0 aliphatic carbocycles. The summed E-state index contributed by atoms with van der Waals surface area (Å²) in [5.74, 6) is -0.167. The fourth-order valence-corrected chi connectivity index (χ4v) is 4.82. The molecule has 1 fully saturated rings. The zero-order valence-electron chi connectivity index (χ0n) is 14.9. The third kappa shape index (κ3) is 2.97. The first-order valence-corrected chi connectivity index (χ1v) is 9.65. The molecule has 25 heavy (non-hydrogen) atoms. The Morgan fingerprint density at radius 2 is 1.96 bits per heavy atom. The summed E-state index contributed by atoms with van der Waals surface area (Å²) in [6.45, 7) is 3.93. The van der Waals surface area contributed by atoms with Gasteiger partial charge in [0.15, 0.2) is 6.23 Å². The Bertz CT molecular complexity index is 772. The molecule has 4 nitrogen and oxygen atoms in total. The van der Waals surface area contributed by atoms with Crippen LogP contribution in [0.3, 0.4) is 0 Å². The Kier molecular flexibility index (Phi) is 4.54. The summed E-state index contributed by atoms with van der Waals surface area (Å²) < 4.78 is 20.9. The average Bonchev–Trinajstić information content (AvgIpc) is 3.12. The van der Waals surface area contributed by atoms with Crippen molar-refractivity contribution in [2.24, 2.45) is 0 Å². The van der Waals surface area contributed by atoms with Gasteiger partial charge in [-0.25, -0.2) is 4.39 Å². The summed E-state index contributed by atoms with van der Waals surface area (Å²) in [5, 5.41) is 9.63. The zero-order chi connectivity index (χ0) is 17.6. The van der Waals surface area contributed by atoms with Gasteiger partial charge in [0, 0.05) is 30.6 Å². The molecule has 0 radical (unpaired) electrons. The Morgan fingerprint density at radius 1 is 1.20 bits per heavy atom. The first kappa shape index (κ1) is 17.0. The third-order valence-electron chi connectivity index (χ3n) is 5.18. The number of hydrogen-bond donors (Lipinski definition) is 1. The quantitative estimate of drug-likeness (QED) is 0.897. The molecule has 4 rings (SSSR count). The van der Waals surface area contributed by atoms with E-state index in [0.717, 1.165) is 42.7 Å². The maximum absolute atomic E-state index is 14.5. The summed E-state index contributed by atoms with van der Waals surface area (Å²) in [6, 6.07) is 5.44. The molecular weight excluding hydrogens is 337 g/mol. The first-order chi connectivity index (χ1) is 12.1. The van der Waals surface area contributed by atoms with Gasteiger partial charge < -0.3 is 15.1 Å². The van der Waals surface area contributed by atoms with Gasteiger partial charge in [-0.05, 0) is 44.5 Å². The lowest BCUT2D eigenvalue weighted by Crippen LogP contribution is -2.38. The van der Waals surface area contributed by atoms with Crippen LogP contribution in [-0.2, 0) is 4.74 Å². The van der Waals surface area contributed by atoms with Crippen LogP contribution in [0, 0.1) is 12.7 Å². The van der Waals surface area contributed by atoms with Gasteiger partial charge in [0.2, 0.25) is 0 Å². The number of benzene rings is 1. The van der Waals surface area contributed by atoms with E-state index < -0.39 is 0 Å². The van der Waals surface area contributed by atoms with Gasteiger partial charge in [0.25, 0.3) is 0 Å². The molecule has 6 heteroatoms. The van der Waals surface area contributed by atoms with E-state index in [1.165, 1.54) is 4.88 Å². The van der Waals surface area contributed by atoms with E-state index in [9.17, 15) is 4.39 Å². The van der Waals surface area contributed by atoms with E-state index >= 15 is 0 Å². The molecule has 0 amide bonds. The van der Waals surface area contributed by atoms with Crippen molar-refractivity contribution in [1.29, 1.82) is 0 Å². The number of anilines is 1. The minimum atomic E-state index is -0.167. The fourth-order valence-electron chi connectivity index (χ4n) is 3.65. The molecule has 1 N–H and O–H groups in total. The van der Waals surface area contributed by atoms with Crippen molar-refractivity contribution in [3.8, 4) is 11.1 Å². The van der Waals surface area contributed by atoms with E-state index in [4.69, 9.17) is 4.74 Å². The lowest BCUT2D eigenvalue weighted by atomic mass is 10.0. The summed E-state index contributed by atoms with van der Waals surface area (Å²) in [7, 11) is 4.06. The van der Waals surface area contributed by atoms with Gasteiger partial charge in [-0.15, -0.1) is 11.3 Å². The van der Waals surface area contributed by atoms with E-state index in [2.05, 4.69) is 20.7 Å². The second-order valence-electron chi connectivity index (χ2n) is 6.88. The third-order valence-corrected chi connectivity index (χ3v) is 6.18. The lowest BCUT2D eigenvalue weighted by Gasteiger charge is -2.31.